The first-order chi connectivity index (χ1) is 12.9. The molecule has 0 amide bonds. The maximum Gasteiger partial charge on any atom is 0.338 e. The minimum Gasteiger partial charge on any atom is -0.462 e. The normalized spacial score (nSPS) is 16.4. The largest absolute Gasteiger partial charge is 0.462 e. The zero-order valence-corrected chi connectivity index (χ0v) is 16.4. The Morgan fingerprint density at radius 1 is 1.15 bits per heavy atom. The van der Waals surface area contributed by atoms with Gasteiger partial charge in [-0.1, -0.05) is 12.1 Å². The minimum absolute atomic E-state index is 0.334. The molecule has 1 saturated heterocycles. The fourth-order valence-electron chi connectivity index (χ4n) is 3.07. The zero-order valence-electron chi connectivity index (χ0n) is 15.6. The quantitative estimate of drug-likeness (QED) is 0.701. The molecule has 1 fully saturated rings. The molecule has 2 heterocycles. The number of furan rings is 1. The molecule has 0 bridgehead atoms. The topological polar surface area (TPSA) is 80.1 Å². The number of ether oxygens (including phenoxy) is 1. The smallest absolute Gasteiger partial charge is 0.338 e. The molecule has 2 aromatic rings. The van der Waals surface area contributed by atoms with Crippen molar-refractivity contribution in [3.05, 3.63) is 47.7 Å². The molecule has 1 aromatic heterocycles. The fraction of sp³-hybridized carbons (Fsp3) is 0.421. The highest BCUT2D eigenvalue weighted by Crippen LogP contribution is 2.24. The van der Waals surface area contributed by atoms with Gasteiger partial charge in [-0.05, 0) is 31.2 Å². The standard InChI is InChI=1S/C19H24N2O5S/c1-3-25-19(22)16-6-4-5-15(13-16)18-8-7-17(26-18)14-20-9-11-21(12-10-20)27(2,23)24/h4-8,13H,3,9-12,14H2,1-2H3. The Kier molecular flexibility index (Phi) is 5.98. The minimum atomic E-state index is -3.12. The average Bonchev–Trinajstić information content (AvgIpc) is 3.10. The molecule has 0 atom stereocenters. The van der Waals surface area contributed by atoms with Crippen LogP contribution in [0.2, 0.25) is 0 Å². The second kappa shape index (κ2) is 8.24. The summed E-state index contributed by atoms with van der Waals surface area (Å²) >= 11 is 0. The van der Waals surface area contributed by atoms with E-state index in [4.69, 9.17) is 9.15 Å². The van der Waals surface area contributed by atoms with E-state index in [1.54, 1.807) is 25.1 Å². The highest BCUT2D eigenvalue weighted by molar-refractivity contribution is 7.88. The van der Waals surface area contributed by atoms with Gasteiger partial charge in [0.1, 0.15) is 11.5 Å². The van der Waals surface area contributed by atoms with E-state index in [9.17, 15) is 13.2 Å². The average molecular weight is 392 g/mol. The second-order valence-electron chi connectivity index (χ2n) is 6.51. The molecule has 0 unspecified atom stereocenters. The molecular weight excluding hydrogens is 368 g/mol. The molecule has 1 aliphatic heterocycles. The number of piperazine rings is 1. The number of esters is 1. The molecular formula is C19H24N2O5S. The third-order valence-electron chi connectivity index (χ3n) is 4.50. The molecule has 7 nitrogen and oxygen atoms in total. The van der Waals surface area contributed by atoms with E-state index in [0.717, 1.165) is 11.3 Å². The van der Waals surface area contributed by atoms with Crippen molar-refractivity contribution >= 4 is 16.0 Å². The number of nitrogens with zero attached hydrogens (tertiary/aromatic N) is 2. The Bertz CT molecular complexity index is 898. The van der Waals surface area contributed by atoms with E-state index in [1.165, 1.54) is 10.6 Å². The number of rotatable bonds is 6. The van der Waals surface area contributed by atoms with Gasteiger partial charge in [0.2, 0.25) is 10.0 Å². The van der Waals surface area contributed by atoms with Crippen LogP contribution in [0.3, 0.4) is 0 Å². The summed E-state index contributed by atoms with van der Waals surface area (Å²) in [7, 11) is -3.12. The van der Waals surface area contributed by atoms with Gasteiger partial charge in [0.05, 0.1) is 25.0 Å². The van der Waals surface area contributed by atoms with E-state index in [0.29, 0.717) is 50.7 Å². The lowest BCUT2D eigenvalue weighted by Gasteiger charge is -2.32. The fourth-order valence-corrected chi connectivity index (χ4v) is 3.90. The van der Waals surface area contributed by atoms with Gasteiger partial charge in [0.15, 0.2) is 0 Å². The van der Waals surface area contributed by atoms with Crippen molar-refractivity contribution in [3.8, 4) is 11.3 Å². The summed E-state index contributed by atoms with van der Waals surface area (Å²) in [5, 5.41) is 0. The summed E-state index contributed by atoms with van der Waals surface area (Å²) in [4.78, 5) is 14.1. The summed E-state index contributed by atoms with van der Waals surface area (Å²) in [6.45, 7) is 5.05. The van der Waals surface area contributed by atoms with Gasteiger partial charge in [0, 0.05) is 31.7 Å². The molecule has 146 valence electrons. The van der Waals surface area contributed by atoms with Crippen molar-refractivity contribution in [2.45, 2.75) is 13.5 Å². The Hall–Kier alpha value is -2.16. The molecule has 0 N–H and O–H groups in total. The molecule has 0 saturated carbocycles. The van der Waals surface area contributed by atoms with Crippen LogP contribution >= 0.6 is 0 Å². The Morgan fingerprint density at radius 2 is 1.89 bits per heavy atom. The number of hydrogen-bond donors (Lipinski definition) is 0. The first kappa shape index (κ1) is 19.6. The first-order valence-electron chi connectivity index (χ1n) is 8.90. The van der Waals surface area contributed by atoms with Crippen LogP contribution in [0.4, 0.5) is 0 Å². The number of carbonyl (C=O) groups excluding carboxylic acids is 1. The predicted octanol–water partition coefficient (Wildman–Crippen LogP) is 2.20. The SMILES string of the molecule is CCOC(=O)c1cccc(-c2ccc(CN3CCN(S(C)(=O)=O)CC3)o2)c1. The maximum absolute atomic E-state index is 11.9. The van der Waals surface area contributed by atoms with Gasteiger partial charge in [0.25, 0.3) is 0 Å². The van der Waals surface area contributed by atoms with Gasteiger partial charge >= 0.3 is 5.97 Å². The van der Waals surface area contributed by atoms with Crippen LogP contribution < -0.4 is 0 Å². The number of carbonyl (C=O) groups is 1. The van der Waals surface area contributed by atoms with Crippen LogP contribution in [-0.4, -0.2) is 62.6 Å². The van der Waals surface area contributed by atoms with Gasteiger partial charge in [-0.15, -0.1) is 0 Å². The summed E-state index contributed by atoms with van der Waals surface area (Å²) in [5.74, 6) is 1.14. The lowest BCUT2D eigenvalue weighted by atomic mass is 10.1. The van der Waals surface area contributed by atoms with Crippen LogP contribution in [-0.2, 0) is 21.3 Å². The Labute approximate surface area is 159 Å². The van der Waals surface area contributed by atoms with Gasteiger partial charge in [-0.3, -0.25) is 4.90 Å². The van der Waals surface area contributed by atoms with E-state index in [2.05, 4.69) is 4.90 Å². The van der Waals surface area contributed by atoms with Crippen molar-refractivity contribution in [2.75, 3.05) is 39.0 Å². The molecule has 0 spiro atoms. The van der Waals surface area contributed by atoms with Crippen molar-refractivity contribution in [1.29, 1.82) is 0 Å². The monoisotopic (exact) mass is 392 g/mol. The molecule has 1 aliphatic rings. The van der Waals surface area contributed by atoms with E-state index < -0.39 is 10.0 Å². The highest BCUT2D eigenvalue weighted by Gasteiger charge is 2.23. The van der Waals surface area contributed by atoms with Crippen LogP contribution in [0, 0.1) is 0 Å². The summed E-state index contributed by atoms with van der Waals surface area (Å²) in [5.41, 5.74) is 1.30. The van der Waals surface area contributed by atoms with Crippen LogP contribution in [0.25, 0.3) is 11.3 Å². The molecule has 0 aliphatic carbocycles. The van der Waals surface area contributed by atoms with E-state index in [1.807, 2.05) is 18.2 Å². The second-order valence-corrected chi connectivity index (χ2v) is 8.49. The van der Waals surface area contributed by atoms with Gasteiger partial charge in [-0.25, -0.2) is 13.2 Å². The third-order valence-corrected chi connectivity index (χ3v) is 5.80. The van der Waals surface area contributed by atoms with Crippen molar-refractivity contribution in [1.82, 2.24) is 9.21 Å². The summed E-state index contributed by atoms with van der Waals surface area (Å²) in [6, 6.07) is 10.9. The Balaban J connectivity index is 1.64. The number of sulfonamides is 1. The molecule has 0 radical (unpaired) electrons. The molecule has 1 aromatic carbocycles. The third kappa shape index (κ3) is 4.97. The maximum atomic E-state index is 11.9. The van der Waals surface area contributed by atoms with Gasteiger partial charge < -0.3 is 9.15 Å². The summed E-state index contributed by atoms with van der Waals surface area (Å²) in [6.07, 6.45) is 1.24. The predicted molar refractivity (Wildman–Crippen MR) is 102 cm³/mol. The van der Waals surface area contributed by atoms with E-state index in [-0.39, 0.29) is 5.97 Å². The lowest BCUT2D eigenvalue weighted by Crippen LogP contribution is -2.47. The van der Waals surface area contributed by atoms with E-state index >= 15 is 0 Å². The first-order valence-corrected chi connectivity index (χ1v) is 10.8. The summed E-state index contributed by atoms with van der Waals surface area (Å²) < 4.78 is 35.6. The number of benzene rings is 1. The lowest BCUT2D eigenvalue weighted by molar-refractivity contribution is 0.0526. The molecule has 27 heavy (non-hydrogen) atoms. The van der Waals surface area contributed by atoms with Crippen LogP contribution in [0.1, 0.15) is 23.0 Å². The zero-order chi connectivity index (χ0) is 19.4. The number of hydrogen-bond acceptors (Lipinski definition) is 6. The molecule has 3 rings (SSSR count). The van der Waals surface area contributed by atoms with Crippen molar-refractivity contribution in [2.24, 2.45) is 0 Å². The van der Waals surface area contributed by atoms with Crippen molar-refractivity contribution in [3.63, 3.8) is 0 Å². The van der Waals surface area contributed by atoms with Gasteiger partial charge in [-0.2, -0.15) is 4.31 Å². The Morgan fingerprint density at radius 3 is 2.56 bits per heavy atom. The van der Waals surface area contributed by atoms with Crippen LogP contribution in [0.15, 0.2) is 40.8 Å². The van der Waals surface area contributed by atoms with Crippen molar-refractivity contribution < 1.29 is 22.4 Å². The molecule has 8 heteroatoms. The highest BCUT2D eigenvalue weighted by atomic mass is 32.2. The van der Waals surface area contributed by atoms with Crippen LogP contribution in [0.5, 0.6) is 0 Å².